The van der Waals surface area contributed by atoms with E-state index in [1.165, 1.54) is 0 Å². The van der Waals surface area contributed by atoms with Gasteiger partial charge in [0.1, 0.15) is 0 Å². The third-order valence-electron chi connectivity index (χ3n) is 4.77. The molecule has 2 aromatic carbocycles. The average molecular weight is 390 g/mol. The van der Waals surface area contributed by atoms with Crippen LogP contribution in [0.4, 0.5) is 11.4 Å². The Bertz CT molecular complexity index is 1100. The summed E-state index contributed by atoms with van der Waals surface area (Å²) >= 11 is 0. The van der Waals surface area contributed by atoms with Crippen molar-refractivity contribution < 1.29 is 0 Å². The van der Waals surface area contributed by atoms with Gasteiger partial charge in [0.05, 0.1) is 35.2 Å². The van der Waals surface area contributed by atoms with E-state index in [0.29, 0.717) is 0 Å². The second-order valence-corrected chi connectivity index (χ2v) is 7.03. The Morgan fingerprint density at radius 1 is 0.600 bits per heavy atom. The van der Waals surface area contributed by atoms with Gasteiger partial charge in [0, 0.05) is 12.4 Å². The summed E-state index contributed by atoms with van der Waals surface area (Å²) in [6, 6.07) is 24.2. The first kappa shape index (κ1) is 19.4. The van der Waals surface area contributed by atoms with Crippen molar-refractivity contribution in [2.45, 2.75) is 13.8 Å². The topological polar surface area (TPSA) is 50.5 Å². The molecule has 4 nitrogen and oxygen atoms in total. The van der Waals surface area contributed by atoms with Gasteiger partial charge >= 0.3 is 0 Å². The number of hydrogen-bond acceptors (Lipinski definition) is 4. The molecule has 2 aromatic heterocycles. The van der Waals surface area contributed by atoms with Crippen LogP contribution in [0.3, 0.4) is 0 Å². The number of rotatable bonds is 5. The Labute approximate surface area is 176 Å². The van der Waals surface area contributed by atoms with Gasteiger partial charge in [-0.2, -0.15) is 0 Å². The molecule has 0 saturated carbocycles. The highest BCUT2D eigenvalue weighted by Crippen LogP contribution is 2.30. The molecule has 0 unspecified atom stereocenters. The summed E-state index contributed by atoms with van der Waals surface area (Å²) in [4.78, 5) is 17.7. The molecule has 0 aliphatic carbocycles. The van der Waals surface area contributed by atoms with Crippen LogP contribution in [0.5, 0.6) is 0 Å². The lowest BCUT2D eigenvalue weighted by atomic mass is 10.00. The zero-order valence-electron chi connectivity index (χ0n) is 17.0. The SMILES string of the molecule is Cc1cc(-c2ccc(N=Cc3ccccn3)c(C)c2)ccc1N=Cc1ccccn1. The molecule has 0 atom stereocenters. The van der Waals surface area contributed by atoms with Crippen LogP contribution < -0.4 is 0 Å². The molecular formula is C26H22N4. The Kier molecular flexibility index (Phi) is 5.85. The molecule has 4 heteroatoms. The summed E-state index contributed by atoms with van der Waals surface area (Å²) in [5.74, 6) is 0. The van der Waals surface area contributed by atoms with Gasteiger partial charge in [0.15, 0.2) is 0 Å². The molecule has 0 aliphatic heterocycles. The van der Waals surface area contributed by atoms with Crippen molar-refractivity contribution in [1.29, 1.82) is 0 Å². The molecule has 0 saturated heterocycles. The number of pyridine rings is 2. The highest BCUT2D eigenvalue weighted by molar-refractivity contribution is 5.81. The molecule has 0 spiro atoms. The number of benzene rings is 2. The van der Waals surface area contributed by atoms with Crippen LogP contribution in [0, 0.1) is 13.8 Å². The normalized spacial score (nSPS) is 11.4. The highest BCUT2D eigenvalue weighted by Gasteiger charge is 2.04. The van der Waals surface area contributed by atoms with Crippen LogP contribution in [0.15, 0.2) is 95.2 Å². The van der Waals surface area contributed by atoms with Crippen LogP contribution in [-0.2, 0) is 0 Å². The van der Waals surface area contributed by atoms with E-state index in [9.17, 15) is 0 Å². The zero-order valence-corrected chi connectivity index (χ0v) is 17.0. The molecular weight excluding hydrogens is 368 g/mol. The van der Waals surface area contributed by atoms with Crippen molar-refractivity contribution in [3.63, 3.8) is 0 Å². The third-order valence-corrected chi connectivity index (χ3v) is 4.77. The monoisotopic (exact) mass is 390 g/mol. The van der Waals surface area contributed by atoms with Gasteiger partial charge in [-0.1, -0.05) is 24.3 Å². The lowest BCUT2D eigenvalue weighted by Gasteiger charge is -2.08. The minimum absolute atomic E-state index is 0.846. The minimum Gasteiger partial charge on any atom is -0.255 e. The Balaban J connectivity index is 1.54. The van der Waals surface area contributed by atoms with E-state index in [4.69, 9.17) is 0 Å². The maximum Gasteiger partial charge on any atom is 0.0812 e. The predicted molar refractivity (Wildman–Crippen MR) is 124 cm³/mol. The summed E-state index contributed by atoms with van der Waals surface area (Å²) in [5.41, 5.74) is 8.14. The van der Waals surface area contributed by atoms with Crippen LogP contribution in [0.2, 0.25) is 0 Å². The number of nitrogens with zero attached hydrogens (tertiary/aromatic N) is 4. The summed E-state index contributed by atoms with van der Waals surface area (Å²) in [5, 5.41) is 0. The Hall–Kier alpha value is -3.92. The molecule has 2 heterocycles. The fourth-order valence-corrected chi connectivity index (χ4v) is 3.14. The molecule has 4 rings (SSSR count). The second-order valence-electron chi connectivity index (χ2n) is 7.03. The average Bonchev–Trinajstić information content (AvgIpc) is 2.79. The van der Waals surface area contributed by atoms with E-state index in [0.717, 1.165) is 45.0 Å². The molecule has 0 radical (unpaired) electrons. The molecule has 4 aromatic rings. The smallest absolute Gasteiger partial charge is 0.0812 e. The van der Waals surface area contributed by atoms with Crippen molar-refractivity contribution in [3.05, 3.63) is 108 Å². The van der Waals surface area contributed by atoms with Crippen molar-refractivity contribution in [1.82, 2.24) is 9.97 Å². The fraction of sp³-hybridized carbons (Fsp3) is 0.0769. The van der Waals surface area contributed by atoms with Gasteiger partial charge in [-0.15, -0.1) is 0 Å². The standard InChI is InChI=1S/C26H22N4/c1-19-15-21(9-11-25(19)29-17-23-7-3-5-13-27-23)22-10-12-26(20(2)16-22)30-18-24-8-4-6-14-28-24/h3-18H,1-2H3. The Morgan fingerprint density at radius 3 is 1.43 bits per heavy atom. The third kappa shape index (κ3) is 4.73. The summed E-state index contributed by atoms with van der Waals surface area (Å²) in [6.07, 6.45) is 7.12. The van der Waals surface area contributed by atoms with Gasteiger partial charge in [-0.05, 0) is 84.6 Å². The van der Waals surface area contributed by atoms with Crippen molar-refractivity contribution >= 4 is 23.8 Å². The Morgan fingerprint density at radius 2 is 1.07 bits per heavy atom. The molecule has 0 amide bonds. The van der Waals surface area contributed by atoms with E-state index in [1.807, 2.05) is 48.5 Å². The van der Waals surface area contributed by atoms with Gasteiger partial charge in [-0.3, -0.25) is 20.0 Å². The molecule has 146 valence electrons. The predicted octanol–water partition coefficient (Wildman–Crippen LogP) is 6.26. The number of aromatic nitrogens is 2. The molecule has 0 N–H and O–H groups in total. The molecule has 0 fully saturated rings. The summed E-state index contributed by atoms with van der Waals surface area (Å²) < 4.78 is 0. The molecule has 0 aliphatic rings. The maximum atomic E-state index is 4.58. The van der Waals surface area contributed by atoms with Crippen LogP contribution in [0.1, 0.15) is 22.5 Å². The van der Waals surface area contributed by atoms with E-state index < -0.39 is 0 Å². The van der Waals surface area contributed by atoms with E-state index >= 15 is 0 Å². The molecule has 30 heavy (non-hydrogen) atoms. The second kappa shape index (κ2) is 9.05. The van der Waals surface area contributed by atoms with Crippen molar-refractivity contribution in [2.75, 3.05) is 0 Å². The van der Waals surface area contributed by atoms with Crippen molar-refractivity contribution in [3.8, 4) is 11.1 Å². The van der Waals surface area contributed by atoms with Crippen molar-refractivity contribution in [2.24, 2.45) is 9.98 Å². The minimum atomic E-state index is 0.846. The number of aryl methyl sites for hydroxylation is 2. The van der Waals surface area contributed by atoms with E-state index in [2.05, 4.69) is 58.1 Å². The fourth-order valence-electron chi connectivity index (χ4n) is 3.14. The van der Waals surface area contributed by atoms with E-state index in [-0.39, 0.29) is 0 Å². The molecule has 0 bridgehead atoms. The van der Waals surface area contributed by atoms with Crippen LogP contribution in [0.25, 0.3) is 11.1 Å². The zero-order chi connectivity index (χ0) is 20.8. The van der Waals surface area contributed by atoms with Gasteiger partial charge in [0.2, 0.25) is 0 Å². The first-order valence-electron chi connectivity index (χ1n) is 9.81. The lowest BCUT2D eigenvalue weighted by molar-refractivity contribution is 1.29. The number of hydrogen-bond donors (Lipinski definition) is 0. The highest BCUT2D eigenvalue weighted by atomic mass is 14.8. The largest absolute Gasteiger partial charge is 0.255 e. The maximum absolute atomic E-state index is 4.58. The van der Waals surface area contributed by atoms with Crippen LogP contribution >= 0.6 is 0 Å². The number of aliphatic imine (C=N–C) groups is 2. The van der Waals surface area contributed by atoms with Crippen LogP contribution in [-0.4, -0.2) is 22.4 Å². The van der Waals surface area contributed by atoms with Gasteiger partial charge in [0.25, 0.3) is 0 Å². The quantitative estimate of drug-likeness (QED) is 0.378. The summed E-state index contributed by atoms with van der Waals surface area (Å²) in [7, 11) is 0. The van der Waals surface area contributed by atoms with Gasteiger partial charge < -0.3 is 0 Å². The first-order valence-corrected chi connectivity index (χ1v) is 9.81. The van der Waals surface area contributed by atoms with E-state index in [1.54, 1.807) is 24.8 Å². The van der Waals surface area contributed by atoms with Gasteiger partial charge in [-0.25, -0.2) is 0 Å². The first-order chi connectivity index (χ1) is 14.7. The summed E-state index contributed by atoms with van der Waals surface area (Å²) in [6.45, 7) is 4.15. The lowest BCUT2D eigenvalue weighted by Crippen LogP contribution is -1.87.